The molecule has 0 saturated carbocycles. The molecule has 0 saturated heterocycles. The van der Waals surface area contributed by atoms with Gasteiger partial charge < -0.3 is 26.2 Å². The third-order valence-electron chi connectivity index (χ3n) is 9.08. The third-order valence-corrected chi connectivity index (χ3v) is 9.08. The van der Waals surface area contributed by atoms with Gasteiger partial charge in [0.1, 0.15) is 22.8 Å². The van der Waals surface area contributed by atoms with Crippen LogP contribution in [0.15, 0.2) is 71.8 Å². The van der Waals surface area contributed by atoms with E-state index in [-0.39, 0.29) is 29.7 Å². The maximum absolute atomic E-state index is 14.3. The number of carbonyl (C=O) groups excluding carboxylic acids is 3. The van der Waals surface area contributed by atoms with Crippen molar-refractivity contribution in [3.63, 3.8) is 0 Å². The van der Waals surface area contributed by atoms with Crippen LogP contribution in [-0.2, 0) is 16.0 Å². The molecule has 10 heteroatoms. The molecule has 1 aromatic heterocycles. The fourth-order valence-electron chi connectivity index (χ4n) is 7.12. The zero-order chi connectivity index (χ0) is 31.1. The summed E-state index contributed by atoms with van der Waals surface area (Å²) in [5.41, 5.74) is 5.09. The van der Waals surface area contributed by atoms with Gasteiger partial charge in [-0.2, -0.15) is 0 Å². The Morgan fingerprint density at radius 2 is 1.84 bits per heavy atom. The second-order valence-electron chi connectivity index (χ2n) is 11.8. The van der Waals surface area contributed by atoms with Crippen molar-refractivity contribution in [2.75, 3.05) is 14.1 Å². The second-order valence-corrected chi connectivity index (χ2v) is 11.8. The molecule has 1 amide bonds. The van der Waals surface area contributed by atoms with Crippen LogP contribution in [0.4, 0.5) is 0 Å². The van der Waals surface area contributed by atoms with Gasteiger partial charge in [0.05, 0.1) is 17.1 Å². The monoisotopic (exact) mass is 581 g/mol. The summed E-state index contributed by atoms with van der Waals surface area (Å²) in [7, 11) is 3.19. The quantitative estimate of drug-likeness (QED) is 0.289. The van der Waals surface area contributed by atoms with Gasteiger partial charge in [0.15, 0.2) is 11.4 Å². The maximum Gasteiger partial charge on any atom is 0.255 e. The van der Waals surface area contributed by atoms with Gasteiger partial charge in [-0.3, -0.25) is 24.3 Å². The molecular weight excluding hydrogens is 550 g/mol. The number of phenols is 1. The van der Waals surface area contributed by atoms with Gasteiger partial charge in [-0.05, 0) is 74.7 Å². The predicted molar refractivity (Wildman–Crippen MR) is 159 cm³/mol. The Labute approximate surface area is 247 Å². The van der Waals surface area contributed by atoms with Crippen LogP contribution in [0, 0.1) is 11.8 Å². The van der Waals surface area contributed by atoms with Crippen molar-refractivity contribution in [1.82, 2.24) is 9.88 Å². The van der Waals surface area contributed by atoms with E-state index in [2.05, 4.69) is 11.6 Å². The molecule has 10 nitrogen and oxygen atoms in total. The van der Waals surface area contributed by atoms with Crippen LogP contribution in [0.25, 0.3) is 27.6 Å². The van der Waals surface area contributed by atoms with Gasteiger partial charge >= 0.3 is 0 Å². The number of fused-ring (bicyclic) bond motifs is 4. The van der Waals surface area contributed by atoms with E-state index in [4.69, 9.17) is 5.73 Å². The molecule has 3 aliphatic rings. The number of para-hydroxylation sites is 1. The number of hydrogen-bond donors (Lipinski definition) is 5. The van der Waals surface area contributed by atoms with Gasteiger partial charge in [-0.15, -0.1) is 0 Å². The molecule has 43 heavy (non-hydrogen) atoms. The molecule has 0 radical (unpaired) electrons. The summed E-state index contributed by atoms with van der Waals surface area (Å²) < 4.78 is 0. The molecule has 220 valence electrons. The molecule has 6 N–H and O–H groups in total. The standard InChI is InChI=1S/C33H31N3O7/c1-14(2)18-12-19(17-9-15-7-5-6-8-22(15)35-13-17)20-10-16-11-21-26(36(3)4)29(39)25(32(34)42)31(41)33(21,43)30(40)23(16)28(38)24(20)27(18)37/h5-9,12-13,16,21,26,37,39-40,43H,1,10-11H2,2-4H3,(H2,34,42)/t16-,21-,26-,33-/m0/s1. The van der Waals surface area contributed by atoms with Crippen molar-refractivity contribution in [2.45, 2.75) is 31.4 Å². The molecule has 0 unspecified atom stereocenters. The number of nitrogens with two attached hydrogens (primary N) is 1. The number of Topliss-reactive ketones (excluding diaryl/α,β-unsaturated/α-hetero) is 2. The van der Waals surface area contributed by atoms with Crippen LogP contribution in [0.2, 0.25) is 0 Å². The summed E-state index contributed by atoms with van der Waals surface area (Å²) in [5.74, 6) is -6.91. The molecule has 4 atom stereocenters. The highest BCUT2D eigenvalue weighted by Crippen LogP contribution is 2.53. The smallest absolute Gasteiger partial charge is 0.255 e. The number of aliphatic hydroxyl groups excluding tert-OH is 2. The van der Waals surface area contributed by atoms with Crippen LogP contribution < -0.4 is 5.73 Å². The van der Waals surface area contributed by atoms with Crippen molar-refractivity contribution >= 4 is 33.9 Å². The van der Waals surface area contributed by atoms with E-state index in [0.29, 0.717) is 27.8 Å². The number of aromatic nitrogens is 1. The number of amides is 1. The van der Waals surface area contributed by atoms with Gasteiger partial charge in [0, 0.05) is 34.2 Å². The minimum absolute atomic E-state index is 0.00414. The Morgan fingerprint density at radius 3 is 2.49 bits per heavy atom. The fourth-order valence-corrected chi connectivity index (χ4v) is 7.12. The lowest BCUT2D eigenvalue weighted by Gasteiger charge is -2.50. The third kappa shape index (κ3) is 3.87. The number of phenolic OH excluding ortho intramolecular Hbond substituents is 1. The Kier molecular flexibility index (Phi) is 6.33. The molecule has 3 aliphatic carbocycles. The van der Waals surface area contributed by atoms with Crippen molar-refractivity contribution in [2.24, 2.45) is 17.6 Å². The number of aromatic hydroxyl groups is 1. The minimum atomic E-state index is -2.70. The second kappa shape index (κ2) is 9.62. The lowest BCUT2D eigenvalue weighted by Crippen LogP contribution is -2.63. The largest absolute Gasteiger partial charge is 0.510 e. The van der Waals surface area contributed by atoms with Crippen LogP contribution in [0.3, 0.4) is 0 Å². The Bertz CT molecular complexity index is 1870. The Morgan fingerprint density at radius 1 is 1.14 bits per heavy atom. The van der Waals surface area contributed by atoms with Crippen molar-refractivity contribution in [3.8, 4) is 16.9 Å². The van der Waals surface area contributed by atoms with E-state index in [0.717, 1.165) is 10.9 Å². The topological polar surface area (TPSA) is 174 Å². The lowest BCUT2D eigenvalue weighted by atomic mass is 9.58. The zero-order valence-electron chi connectivity index (χ0n) is 23.9. The normalized spacial score (nSPS) is 25.1. The summed E-state index contributed by atoms with van der Waals surface area (Å²) >= 11 is 0. The molecule has 0 aliphatic heterocycles. The van der Waals surface area contributed by atoms with Crippen LogP contribution in [0.5, 0.6) is 5.75 Å². The first kappa shape index (κ1) is 28.3. The number of nitrogens with zero attached hydrogens (tertiary/aromatic N) is 2. The molecule has 2 aromatic carbocycles. The number of rotatable bonds is 4. The number of aliphatic hydroxyl groups is 3. The number of benzene rings is 2. The predicted octanol–water partition coefficient (Wildman–Crippen LogP) is 3.37. The molecule has 3 aromatic rings. The number of carbonyl (C=O) groups is 3. The number of allylic oxidation sites excluding steroid dienone is 2. The number of ketones is 2. The molecule has 0 fully saturated rings. The first-order valence-corrected chi connectivity index (χ1v) is 13.8. The number of pyridine rings is 1. The maximum atomic E-state index is 14.3. The Hall–Kier alpha value is -4.80. The van der Waals surface area contributed by atoms with E-state index >= 15 is 0 Å². The SMILES string of the molecule is C=C(C)c1cc(-c2cnc3ccccc3c2)c2c(c1O)C(=O)C1=C(O)[C@]3(O)C(=O)C(C(N)=O)=C(O)[C@@H](N(C)C)[C@@H]3C[C@@H]1C2. The summed E-state index contributed by atoms with van der Waals surface area (Å²) in [6, 6.07) is 10.2. The highest BCUT2D eigenvalue weighted by Gasteiger charge is 2.63. The highest BCUT2D eigenvalue weighted by molar-refractivity contribution is 6.25. The van der Waals surface area contributed by atoms with Crippen LogP contribution >= 0.6 is 0 Å². The molecule has 0 bridgehead atoms. The molecule has 0 spiro atoms. The van der Waals surface area contributed by atoms with Crippen molar-refractivity contribution in [1.29, 1.82) is 0 Å². The van der Waals surface area contributed by atoms with E-state index in [1.54, 1.807) is 33.3 Å². The van der Waals surface area contributed by atoms with E-state index in [1.165, 1.54) is 4.90 Å². The van der Waals surface area contributed by atoms with Gasteiger partial charge in [-0.25, -0.2) is 0 Å². The summed E-state index contributed by atoms with van der Waals surface area (Å²) in [6.45, 7) is 5.65. The van der Waals surface area contributed by atoms with Crippen molar-refractivity contribution in [3.05, 3.63) is 88.5 Å². The van der Waals surface area contributed by atoms with Gasteiger partial charge in [-0.1, -0.05) is 24.8 Å². The average Bonchev–Trinajstić information content (AvgIpc) is 2.94. The van der Waals surface area contributed by atoms with E-state index in [1.807, 2.05) is 30.3 Å². The zero-order valence-corrected chi connectivity index (χ0v) is 23.9. The highest BCUT2D eigenvalue weighted by atomic mass is 16.3. The number of likely N-dealkylation sites (N-methyl/N-ethyl adjacent to an activating group) is 1. The summed E-state index contributed by atoms with van der Waals surface area (Å²) in [6.07, 6.45) is 1.87. The average molecular weight is 582 g/mol. The first-order chi connectivity index (χ1) is 20.3. The number of hydrogen-bond acceptors (Lipinski definition) is 9. The summed E-state index contributed by atoms with van der Waals surface area (Å²) in [4.78, 5) is 46.1. The molecule has 1 heterocycles. The number of primary amides is 1. The first-order valence-electron chi connectivity index (χ1n) is 13.8. The van der Waals surface area contributed by atoms with Gasteiger partial charge in [0.2, 0.25) is 5.78 Å². The van der Waals surface area contributed by atoms with Gasteiger partial charge in [0.25, 0.3) is 5.91 Å². The van der Waals surface area contributed by atoms with E-state index < -0.39 is 58.0 Å². The van der Waals surface area contributed by atoms with Crippen LogP contribution in [0.1, 0.15) is 34.8 Å². The molecule has 6 rings (SSSR count). The van der Waals surface area contributed by atoms with E-state index in [9.17, 15) is 34.8 Å². The lowest BCUT2D eigenvalue weighted by molar-refractivity contribution is -0.148. The Balaban J connectivity index is 1.60. The van der Waals surface area contributed by atoms with Crippen molar-refractivity contribution < 1.29 is 34.8 Å². The summed E-state index contributed by atoms with van der Waals surface area (Å²) in [5, 5.41) is 46.7. The van der Waals surface area contributed by atoms with Crippen LogP contribution in [-0.4, -0.2) is 73.5 Å². The fraction of sp³-hybridized carbons (Fsp3) is 0.273. The molecular formula is C33H31N3O7. The minimum Gasteiger partial charge on any atom is -0.510 e.